The molecule has 0 atom stereocenters. The smallest absolute Gasteiger partial charge is 0.189 e. The molecule has 8 rings (SSSR count). The Kier molecular flexibility index (Phi) is 6.06. The molecule has 6 heteroatoms. The molecular formula is C38H22N6. The van der Waals surface area contributed by atoms with Crippen molar-refractivity contribution < 1.29 is 0 Å². The lowest BCUT2D eigenvalue weighted by atomic mass is 9.96. The molecule has 44 heavy (non-hydrogen) atoms. The third-order valence-corrected chi connectivity index (χ3v) is 7.71. The molecule has 0 fully saturated rings. The minimum atomic E-state index is 0.569. The van der Waals surface area contributed by atoms with Crippen molar-refractivity contribution in [2.45, 2.75) is 0 Å². The molecule has 0 saturated heterocycles. The summed E-state index contributed by atoms with van der Waals surface area (Å²) < 4.78 is 0. The number of aromatic nitrogens is 5. The van der Waals surface area contributed by atoms with Crippen LogP contribution in [0.2, 0.25) is 0 Å². The summed E-state index contributed by atoms with van der Waals surface area (Å²) in [7, 11) is 0. The summed E-state index contributed by atoms with van der Waals surface area (Å²) in [6.45, 7) is 7.40. The standard InChI is InChI=1S/C38H22N6/c1-39-30-18-17-27-21-29-22-32(31-16-9-19-40-35(31)34(29)41-33(27)23-30)26-14-8-15-28(20-26)38-43-36(24-10-4-2-5-11-24)42-37(44-38)25-12-6-3-7-13-25/h2-23H. The van der Waals surface area contributed by atoms with Crippen molar-refractivity contribution >= 4 is 38.4 Å². The van der Waals surface area contributed by atoms with E-state index in [-0.39, 0.29) is 0 Å². The number of hydrogen-bond donors (Lipinski definition) is 0. The Balaban J connectivity index is 1.32. The van der Waals surface area contributed by atoms with Gasteiger partial charge in [0.2, 0.25) is 0 Å². The van der Waals surface area contributed by atoms with Crippen LogP contribution in [-0.4, -0.2) is 24.9 Å². The van der Waals surface area contributed by atoms with Crippen LogP contribution < -0.4 is 0 Å². The van der Waals surface area contributed by atoms with Crippen LogP contribution in [0.3, 0.4) is 0 Å². The topological polar surface area (TPSA) is 68.8 Å². The van der Waals surface area contributed by atoms with E-state index in [1.807, 2.05) is 97.1 Å². The number of benzene rings is 5. The van der Waals surface area contributed by atoms with Crippen LogP contribution in [0.1, 0.15) is 0 Å². The molecule has 0 radical (unpaired) electrons. The van der Waals surface area contributed by atoms with Crippen molar-refractivity contribution in [1.82, 2.24) is 24.9 Å². The van der Waals surface area contributed by atoms with Gasteiger partial charge >= 0.3 is 0 Å². The average Bonchev–Trinajstić information content (AvgIpc) is 3.11. The van der Waals surface area contributed by atoms with Gasteiger partial charge in [-0.15, -0.1) is 0 Å². The number of nitrogens with zero attached hydrogens (tertiary/aromatic N) is 6. The highest BCUT2D eigenvalue weighted by atomic mass is 15.0. The average molecular weight is 563 g/mol. The first-order chi connectivity index (χ1) is 21.7. The van der Waals surface area contributed by atoms with Gasteiger partial charge in [0.1, 0.15) is 0 Å². The largest absolute Gasteiger partial charge is 0.254 e. The molecule has 204 valence electrons. The van der Waals surface area contributed by atoms with Crippen molar-refractivity contribution in [2.75, 3.05) is 0 Å². The van der Waals surface area contributed by atoms with Gasteiger partial charge in [0.05, 0.1) is 23.1 Å². The van der Waals surface area contributed by atoms with Gasteiger partial charge in [0.15, 0.2) is 23.2 Å². The number of fused-ring (bicyclic) bond motifs is 4. The van der Waals surface area contributed by atoms with Crippen molar-refractivity contribution in [3.05, 3.63) is 145 Å². The van der Waals surface area contributed by atoms with E-state index in [2.05, 4.69) is 35.2 Å². The Morgan fingerprint density at radius 2 is 1.14 bits per heavy atom. The Bertz CT molecular complexity index is 2340. The predicted molar refractivity (Wildman–Crippen MR) is 176 cm³/mol. The second-order valence-corrected chi connectivity index (χ2v) is 10.5. The lowest BCUT2D eigenvalue weighted by Crippen LogP contribution is -2.00. The van der Waals surface area contributed by atoms with Gasteiger partial charge in [-0.1, -0.05) is 97.1 Å². The van der Waals surface area contributed by atoms with Crippen molar-refractivity contribution in [1.29, 1.82) is 0 Å². The molecule has 0 unspecified atom stereocenters. The molecule has 0 amide bonds. The molecule has 0 spiro atoms. The molecule has 3 aromatic heterocycles. The van der Waals surface area contributed by atoms with Crippen LogP contribution >= 0.6 is 0 Å². The molecule has 0 aliphatic heterocycles. The lowest BCUT2D eigenvalue weighted by Gasteiger charge is -2.12. The Labute approximate surface area is 253 Å². The van der Waals surface area contributed by atoms with Crippen LogP contribution in [0.5, 0.6) is 0 Å². The van der Waals surface area contributed by atoms with Crippen molar-refractivity contribution in [3.8, 4) is 45.3 Å². The SMILES string of the molecule is [C-]#[N+]c1ccc2cc3cc(-c4cccc(-c5nc(-c6ccccc6)nc(-c6ccccc6)n5)c4)c4cccnc4c3nc2c1. The highest BCUT2D eigenvalue weighted by Gasteiger charge is 2.15. The monoisotopic (exact) mass is 562 g/mol. The second kappa shape index (κ2) is 10.5. The summed E-state index contributed by atoms with van der Waals surface area (Å²) >= 11 is 0. The van der Waals surface area contributed by atoms with Crippen LogP contribution in [0.15, 0.2) is 134 Å². The third kappa shape index (κ3) is 4.50. The molecule has 8 aromatic rings. The van der Waals surface area contributed by atoms with Crippen LogP contribution in [-0.2, 0) is 0 Å². The fourth-order valence-electron chi connectivity index (χ4n) is 5.59. The normalized spacial score (nSPS) is 11.2. The van der Waals surface area contributed by atoms with Gasteiger partial charge in [-0.2, -0.15) is 0 Å². The minimum Gasteiger partial charge on any atom is -0.254 e. The minimum absolute atomic E-state index is 0.569. The third-order valence-electron chi connectivity index (χ3n) is 7.71. The molecule has 0 aliphatic rings. The van der Waals surface area contributed by atoms with Gasteiger partial charge in [0, 0.05) is 33.7 Å². The first-order valence-electron chi connectivity index (χ1n) is 14.2. The van der Waals surface area contributed by atoms with E-state index < -0.39 is 0 Å². The maximum absolute atomic E-state index is 7.40. The summed E-state index contributed by atoms with van der Waals surface area (Å²) in [5.41, 5.74) is 7.80. The summed E-state index contributed by atoms with van der Waals surface area (Å²) in [6, 6.07) is 42.2. The van der Waals surface area contributed by atoms with Crippen molar-refractivity contribution in [2.24, 2.45) is 0 Å². The Morgan fingerprint density at radius 3 is 1.84 bits per heavy atom. The number of pyridine rings is 2. The quantitative estimate of drug-likeness (QED) is 0.121. The molecule has 0 N–H and O–H groups in total. The molecule has 0 aliphatic carbocycles. The van der Waals surface area contributed by atoms with E-state index in [4.69, 9.17) is 31.5 Å². The first-order valence-corrected chi connectivity index (χ1v) is 14.2. The van der Waals surface area contributed by atoms with Gasteiger partial charge in [-0.3, -0.25) is 4.98 Å². The van der Waals surface area contributed by atoms with Crippen LogP contribution in [0, 0.1) is 6.57 Å². The summed E-state index contributed by atoms with van der Waals surface area (Å²) in [6.07, 6.45) is 1.80. The molecule has 0 bridgehead atoms. The zero-order valence-corrected chi connectivity index (χ0v) is 23.4. The maximum atomic E-state index is 7.40. The Hall–Kier alpha value is -6.32. The van der Waals surface area contributed by atoms with E-state index >= 15 is 0 Å². The van der Waals surface area contributed by atoms with Gasteiger partial charge in [-0.05, 0) is 46.8 Å². The van der Waals surface area contributed by atoms with E-state index in [1.165, 1.54) is 0 Å². The first kappa shape index (κ1) is 25.4. The summed E-state index contributed by atoms with van der Waals surface area (Å²) in [5, 5.41) is 2.96. The van der Waals surface area contributed by atoms with Crippen LogP contribution in [0.4, 0.5) is 5.69 Å². The fraction of sp³-hybridized carbons (Fsp3) is 0. The summed E-state index contributed by atoms with van der Waals surface area (Å²) in [5.74, 6) is 1.85. The zero-order valence-electron chi connectivity index (χ0n) is 23.4. The van der Waals surface area contributed by atoms with Crippen LogP contribution in [0.25, 0.3) is 82.8 Å². The van der Waals surface area contributed by atoms with Crippen molar-refractivity contribution in [3.63, 3.8) is 0 Å². The molecule has 0 saturated carbocycles. The maximum Gasteiger partial charge on any atom is 0.189 e. The van der Waals surface area contributed by atoms with E-state index in [0.717, 1.165) is 60.5 Å². The highest BCUT2D eigenvalue weighted by Crippen LogP contribution is 2.36. The zero-order chi connectivity index (χ0) is 29.5. The summed E-state index contributed by atoms with van der Waals surface area (Å²) in [4.78, 5) is 28.0. The lowest BCUT2D eigenvalue weighted by molar-refractivity contribution is 1.07. The van der Waals surface area contributed by atoms with Gasteiger partial charge < -0.3 is 0 Å². The fourth-order valence-corrected chi connectivity index (χ4v) is 5.59. The molecule has 3 heterocycles. The molecular weight excluding hydrogens is 540 g/mol. The highest BCUT2D eigenvalue weighted by molar-refractivity contribution is 6.12. The van der Waals surface area contributed by atoms with E-state index in [9.17, 15) is 0 Å². The second-order valence-electron chi connectivity index (χ2n) is 10.5. The molecule has 5 aromatic carbocycles. The number of rotatable bonds is 4. The van der Waals surface area contributed by atoms with E-state index in [0.29, 0.717) is 23.2 Å². The molecule has 6 nitrogen and oxygen atoms in total. The Morgan fingerprint density at radius 1 is 0.477 bits per heavy atom. The van der Waals surface area contributed by atoms with Gasteiger partial charge in [0.25, 0.3) is 0 Å². The van der Waals surface area contributed by atoms with Gasteiger partial charge in [-0.25, -0.2) is 24.8 Å². The predicted octanol–water partition coefficient (Wildman–Crippen LogP) is 9.34. The number of hydrogen-bond acceptors (Lipinski definition) is 5. The van der Waals surface area contributed by atoms with E-state index in [1.54, 1.807) is 6.20 Å².